The van der Waals surface area contributed by atoms with E-state index in [1.54, 1.807) is 6.20 Å². The number of pyridine rings is 2. The zero-order valence-electron chi connectivity index (χ0n) is 7.94. The highest BCUT2D eigenvalue weighted by atomic mass is 15.0. The van der Waals surface area contributed by atoms with E-state index in [2.05, 4.69) is 15.3 Å². The van der Waals surface area contributed by atoms with Crippen molar-refractivity contribution in [3.05, 3.63) is 42.7 Å². The molecule has 0 bridgehead atoms. The number of hydrogen-bond acceptors (Lipinski definition) is 3. The van der Waals surface area contributed by atoms with Crippen LogP contribution in [0.4, 0.5) is 5.82 Å². The predicted molar refractivity (Wildman–Crippen MR) is 57.0 cm³/mol. The lowest BCUT2D eigenvalue weighted by molar-refractivity contribution is 1.26. The summed E-state index contributed by atoms with van der Waals surface area (Å²) in [6, 6.07) is 9.77. The Morgan fingerprint density at radius 3 is 2.79 bits per heavy atom. The molecule has 0 saturated carbocycles. The highest BCUT2D eigenvalue weighted by Crippen LogP contribution is 2.16. The molecule has 1 N–H and O–H groups in total. The maximum absolute atomic E-state index is 4.41. The normalized spacial score (nSPS) is 9.79. The summed E-state index contributed by atoms with van der Waals surface area (Å²) in [6.45, 7) is 0. The summed E-state index contributed by atoms with van der Waals surface area (Å²) in [5.41, 5.74) is 1.97. The Hall–Kier alpha value is -1.90. The molecule has 3 nitrogen and oxygen atoms in total. The van der Waals surface area contributed by atoms with Crippen LogP contribution in [0.5, 0.6) is 0 Å². The van der Waals surface area contributed by atoms with Crippen molar-refractivity contribution < 1.29 is 0 Å². The van der Waals surface area contributed by atoms with Crippen LogP contribution in [-0.2, 0) is 0 Å². The van der Waals surface area contributed by atoms with Crippen molar-refractivity contribution in [3.8, 4) is 11.3 Å². The van der Waals surface area contributed by atoms with Crippen molar-refractivity contribution in [1.29, 1.82) is 0 Å². The van der Waals surface area contributed by atoms with E-state index in [4.69, 9.17) is 0 Å². The average Bonchev–Trinajstić information content (AvgIpc) is 2.30. The smallest absolute Gasteiger partial charge is 0.126 e. The topological polar surface area (TPSA) is 37.8 Å². The summed E-state index contributed by atoms with van der Waals surface area (Å²) in [5.74, 6) is 0.867. The Morgan fingerprint density at radius 1 is 1.14 bits per heavy atom. The van der Waals surface area contributed by atoms with Gasteiger partial charge in [-0.1, -0.05) is 6.07 Å². The Bertz CT molecular complexity index is 412. The number of hydrogen-bond donors (Lipinski definition) is 1. The van der Waals surface area contributed by atoms with Gasteiger partial charge in [-0.05, 0) is 24.3 Å². The minimum atomic E-state index is 0.867. The van der Waals surface area contributed by atoms with Gasteiger partial charge >= 0.3 is 0 Å². The van der Waals surface area contributed by atoms with Gasteiger partial charge in [-0.25, -0.2) is 4.98 Å². The van der Waals surface area contributed by atoms with Crippen LogP contribution < -0.4 is 5.32 Å². The number of aromatic nitrogens is 2. The molecule has 2 heterocycles. The summed E-state index contributed by atoms with van der Waals surface area (Å²) in [7, 11) is 1.86. The standard InChI is InChI=1S/C11H11N3/c1-12-11-6-2-5-10(14-11)9-4-3-7-13-8-9/h2-8H,1H3,(H,12,14). The molecule has 0 saturated heterocycles. The van der Waals surface area contributed by atoms with Gasteiger partial charge in [0.25, 0.3) is 0 Å². The molecule has 0 spiro atoms. The lowest BCUT2D eigenvalue weighted by atomic mass is 10.2. The van der Waals surface area contributed by atoms with Crippen LogP contribution in [-0.4, -0.2) is 17.0 Å². The summed E-state index contributed by atoms with van der Waals surface area (Å²) in [6.07, 6.45) is 3.56. The molecule has 0 aliphatic heterocycles. The molecular formula is C11H11N3. The third-order valence-electron chi connectivity index (χ3n) is 1.96. The Labute approximate surface area is 82.8 Å². The van der Waals surface area contributed by atoms with Crippen molar-refractivity contribution in [3.63, 3.8) is 0 Å². The number of nitrogens with zero attached hydrogens (tertiary/aromatic N) is 2. The van der Waals surface area contributed by atoms with E-state index in [1.807, 2.05) is 43.6 Å². The molecule has 2 rings (SSSR count). The van der Waals surface area contributed by atoms with Gasteiger partial charge in [-0.3, -0.25) is 4.98 Å². The fourth-order valence-corrected chi connectivity index (χ4v) is 1.25. The van der Waals surface area contributed by atoms with Crippen LogP contribution in [0.15, 0.2) is 42.7 Å². The van der Waals surface area contributed by atoms with Gasteiger partial charge in [0.15, 0.2) is 0 Å². The Kier molecular flexibility index (Phi) is 2.40. The monoisotopic (exact) mass is 185 g/mol. The molecule has 3 heteroatoms. The second-order valence-electron chi connectivity index (χ2n) is 2.90. The first kappa shape index (κ1) is 8.69. The second-order valence-corrected chi connectivity index (χ2v) is 2.90. The first-order valence-electron chi connectivity index (χ1n) is 4.45. The SMILES string of the molecule is CNc1cccc(-c2cccnc2)n1. The molecule has 14 heavy (non-hydrogen) atoms. The van der Waals surface area contributed by atoms with Gasteiger partial charge in [-0.2, -0.15) is 0 Å². The molecule has 0 aromatic carbocycles. The van der Waals surface area contributed by atoms with Crippen molar-refractivity contribution in [2.45, 2.75) is 0 Å². The fourth-order valence-electron chi connectivity index (χ4n) is 1.25. The van der Waals surface area contributed by atoms with Gasteiger partial charge in [-0.15, -0.1) is 0 Å². The molecule has 0 aliphatic carbocycles. The molecule has 0 unspecified atom stereocenters. The number of rotatable bonds is 2. The first-order valence-corrected chi connectivity index (χ1v) is 4.45. The molecule has 0 amide bonds. The van der Waals surface area contributed by atoms with Gasteiger partial charge in [0.1, 0.15) is 5.82 Å². The zero-order valence-corrected chi connectivity index (χ0v) is 7.94. The molecule has 70 valence electrons. The van der Waals surface area contributed by atoms with E-state index in [0.29, 0.717) is 0 Å². The quantitative estimate of drug-likeness (QED) is 0.779. The van der Waals surface area contributed by atoms with Gasteiger partial charge in [0.05, 0.1) is 5.69 Å². The van der Waals surface area contributed by atoms with Crippen LogP contribution in [0.3, 0.4) is 0 Å². The minimum absolute atomic E-state index is 0.867. The molecule has 0 radical (unpaired) electrons. The van der Waals surface area contributed by atoms with Crippen LogP contribution >= 0.6 is 0 Å². The summed E-state index contributed by atoms with van der Waals surface area (Å²) >= 11 is 0. The third kappa shape index (κ3) is 1.71. The van der Waals surface area contributed by atoms with E-state index in [1.165, 1.54) is 0 Å². The minimum Gasteiger partial charge on any atom is -0.373 e. The Balaban J connectivity index is 2.42. The predicted octanol–water partition coefficient (Wildman–Crippen LogP) is 2.19. The summed E-state index contributed by atoms with van der Waals surface area (Å²) < 4.78 is 0. The second kappa shape index (κ2) is 3.87. The first-order chi connectivity index (χ1) is 6.90. The van der Waals surface area contributed by atoms with Gasteiger partial charge < -0.3 is 5.32 Å². The largest absolute Gasteiger partial charge is 0.373 e. The average molecular weight is 185 g/mol. The highest BCUT2D eigenvalue weighted by Gasteiger charge is 1.98. The van der Waals surface area contributed by atoms with Crippen LogP contribution in [0.1, 0.15) is 0 Å². The molecule has 2 aromatic heterocycles. The number of nitrogens with one attached hydrogen (secondary N) is 1. The van der Waals surface area contributed by atoms with Crippen LogP contribution in [0.25, 0.3) is 11.3 Å². The van der Waals surface area contributed by atoms with Crippen molar-refractivity contribution >= 4 is 5.82 Å². The van der Waals surface area contributed by atoms with E-state index in [-0.39, 0.29) is 0 Å². The highest BCUT2D eigenvalue weighted by molar-refractivity contribution is 5.59. The third-order valence-corrected chi connectivity index (χ3v) is 1.96. The van der Waals surface area contributed by atoms with Crippen molar-refractivity contribution in [2.24, 2.45) is 0 Å². The maximum atomic E-state index is 4.41. The van der Waals surface area contributed by atoms with E-state index >= 15 is 0 Å². The summed E-state index contributed by atoms with van der Waals surface area (Å²) in [5, 5.41) is 3.01. The van der Waals surface area contributed by atoms with E-state index in [9.17, 15) is 0 Å². The van der Waals surface area contributed by atoms with Gasteiger partial charge in [0, 0.05) is 25.0 Å². The van der Waals surface area contributed by atoms with E-state index in [0.717, 1.165) is 17.1 Å². The lowest BCUT2D eigenvalue weighted by Gasteiger charge is -2.02. The van der Waals surface area contributed by atoms with Crippen molar-refractivity contribution in [2.75, 3.05) is 12.4 Å². The maximum Gasteiger partial charge on any atom is 0.126 e. The lowest BCUT2D eigenvalue weighted by Crippen LogP contribution is -1.93. The zero-order chi connectivity index (χ0) is 9.80. The molecule has 0 fully saturated rings. The molecule has 0 aliphatic rings. The fraction of sp³-hybridized carbons (Fsp3) is 0.0909. The number of anilines is 1. The van der Waals surface area contributed by atoms with E-state index < -0.39 is 0 Å². The molecule has 0 atom stereocenters. The summed E-state index contributed by atoms with van der Waals surface area (Å²) in [4.78, 5) is 8.47. The Morgan fingerprint density at radius 2 is 2.07 bits per heavy atom. The van der Waals surface area contributed by atoms with Gasteiger partial charge in [0.2, 0.25) is 0 Å². The van der Waals surface area contributed by atoms with Crippen molar-refractivity contribution in [1.82, 2.24) is 9.97 Å². The van der Waals surface area contributed by atoms with Crippen LogP contribution in [0.2, 0.25) is 0 Å². The van der Waals surface area contributed by atoms with Crippen LogP contribution in [0, 0.1) is 0 Å². The molecular weight excluding hydrogens is 174 g/mol. The molecule has 2 aromatic rings.